The lowest BCUT2D eigenvalue weighted by atomic mass is 9.84. The number of carboxylic acid groups (broad SMARTS) is 1. The quantitative estimate of drug-likeness (QED) is 0.816. The summed E-state index contributed by atoms with van der Waals surface area (Å²) in [5.74, 6) is 0.435. The van der Waals surface area contributed by atoms with Crippen molar-refractivity contribution in [2.24, 2.45) is 5.41 Å². The van der Waals surface area contributed by atoms with Crippen LogP contribution in [0.3, 0.4) is 0 Å². The number of rotatable bonds is 3. The third kappa shape index (κ3) is 2.07. The highest BCUT2D eigenvalue weighted by Gasteiger charge is 2.63. The number of amides is 3. The van der Waals surface area contributed by atoms with E-state index in [9.17, 15) is 14.8 Å². The van der Waals surface area contributed by atoms with E-state index in [1.54, 1.807) is 11.0 Å². The van der Waals surface area contributed by atoms with Crippen LogP contribution in [0.1, 0.15) is 36.8 Å². The smallest absolute Gasteiger partial charge is 0.407 e. The van der Waals surface area contributed by atoms with Crippen molar-refractivity contribution in [2.75, 3.05) is 13.6 Å². The van der Waals surface area contributed by atoms with Gasteiger partial charge in [0.15, 0.2) is 5.76 Å². The number of hydroxylamine groups is 2. The Morgan fingerprint density at radius 3 is 2.96 bits per heavy atom. The van der Waals surface area contributed by atoms with Gasteiger partial charge in [-0.15, -0.1) is 0 Å². The molecule has 2 bridgehead atoms. The van der Waals surface area contributed by atoms with Crippen LogP contribution in [0.5, 0.6) is 0 Å². The van der Waals surface area contributed by atoms with Gasteiger partial charge in [0.2, 0.25) is 0 Å². The second-order valence-electron chi connectivity index (χ2n) is 6.73. The maximum Gasteiger partial charge on any atom is 0.407 e. The van der Waals surface area contributed by atoms with Crippen molar-refractivity contribution in [1.82, 2.24) is 20.0 Å². The zero-order chi connectivity index (χ0) is 16.4. The van der Waals surface area contributed by atoms with Crippen molar-refractivity contribution in [3.8, 4) is 0 Å². The molecule has 1 saturated carbocycles. The van der Waals surface area contributed by atoms with Crippen LogP contribution in [0, 0.1) is 5.41 Å². The highest BCUT2D eigenvalue weighted by atomic mass is 16.5. The van der Waals surface area contributed by atoms with Crippen LogP contribution in [0.25, 0.3) is 0 Å². The van der Waals surface area contributed by atoms with Crippen LogP contribution in [0.4, 0.5) is 9.59 Å². The Morgan fingerprint density at radius 2 is 2.30 bits per heavy atom. The molecule has 1 aliphatic carbocycles. The van der Waals surface area contributed by atoms with Gasteiger partial charge in [-0.2, -0.15) is 0 Å². The molecule has 2 N–H and O–H groups in total. The predicted octanol–water partition coefficient (Wildman–Crippen LogP) is 1.50. The molecule has 3 heterocycles. The average molecular weight is 322 g/mol. The molecule has 23 heavy (non-hydrogen) atoms. The summed E-state index contributed by atoms with van der Waals surface area (Å²) in [6.07, 6.45) is 1.70. The van der Waals surface area contributed by atoms with E-state index >= 15 is 0 Å². The van der Waals surface area contributed by atoms with E-state index in [0.717, 1.165) is 29.2 Å². The largest absolute Gasteiger partial charge is 0.465 e. The summed E-state index contributed by atoms with van der Waals surface area (Å²) in [5, 5.41) is 23.8. The molecule has 2 aliphatic heterocycles. The van der Waals surface area contributed by atoms with E-state index in [0.29, 0.717) is 18.0 Å². The molecule has 0 unspecified atom stereocenters. The van der Waals surface area contributed by atoms with Gasteiger partial charge >= 0.3 is 12.1 Å². The average Bonchev–Trinajstić information content (AvgIpc) is 3.03. The summed E-state index contributed by atoms with van der Waals surface area (Å²) in [6, 6.07) is 0.950. The van der Waals surface area contributed by atoms with Gasteiger partial charge in [0.1, 0.15) is 5.69 Å². The van der Waals surface area contributed by atoms with Crippen molar-refractivity contribution < 1.29 is 24.4 Å². The molecule has 1 spiro atoms. The molecule has 2 atom stereocenters. The Bertz CT molecular complexity index is 670. The zero-order valence-electron chi connectivity index (χ0n) is 12.7. The van der Waals surface area contributed by atoms with Crippen LogP contribution in [-0.2, 0) is 6.54 Å². The summed E-state index contributed by atoms with van der Waals surface area (Å²) >= 11 is 0. The molecule has 9 heteroatoms. The second kappa shape index (κ2) is 4.60. The highest BCUT2D eigenvalue weighted by Crippen LogP contribution is 2.61. The number of carbonyl (C=O) groups excluding carboxylic acids is 1. The molecule has 1 aromatic heterocycles. The lowest BCUT2D eigenvalue weighted by molar-refractivity contribution is -0.0782. The van der Waals surface area contributed by atoms with E-state index < -0.39 is 12.1 Å². The minimum absolute atomic E-state index is 0.0148. The fourth-order valence-electron chi connectivity index (χ4n) is 3.78. The molecule has 3 aliphatic rings. The maximum atomic E-state index is 12.2. The Hall–Kier alpha value is -2.29. The van der Waals surface area contributed by atoms with Gasteiger partial charge in [-0.3, -0.25) is 5.21 Å². The Balaban J connectivity index is 1.57. The minimum Gasteiger partial charge on any atom is -0.465 e. The number of hydrogen-bond donors (Lipinski definition) is 2. The van der Waals surface area contributed by atoms with E-state index in [-0.39, 0.29) is 24.0 Å². The van der Waals surface area contributed by atoms with Gasteiger partial charge in [-0.1, -0.05) is 5.16 Å². The molecule has 0 radical (unpaired) electrons. The number of piperidine rings is 1. The van der Waals surface area contributed by atoms with Gasteiger partial charge in [0.05, 0.1) is 18.6 Å². The molecule has 9 nitrogen and oxygen atoms in total. The Labute approximate surface area is 132 Å². The molecule has 2 saturated heterocycles. The minimum atomic E-state index is -1.05. The van der Waals surface area contributed by atoms with Gasteiger partial charge in [-0.25, -0.2) is 14.7 Å². The van der Waals surface area contributed by atoms with Crippen LogP contribution >= 0.6 is 0 Å². The van der Waals surface area contributed by atoms with Crippen molar-refractivity contribution >= 4 is 12.1 Å². The van der Waals surface area contributed by atoms with E-state index in [4.69, 9.17) is 9.63 Å². The SMILES string of the molecule is CN(Cc1cc([C@@H]2CC3(CC3)[C@@H]3CN2C(=O)N3O)no1)C(=O)O. The van der Waals surface area contributed by atoms with Gasteiger partial charge in [0.25, 0.3) is 0 Å². The number of nitrogens with zero attached hydrogens (tertiary/aromatic N) is 4. The first-order chi connectivity index (χ1) is 10.9. The molecule has 4 rings (SSSR count). The third-order valence-electron chi connectivity index (χ3n) is 5.32. The van der Waals surface area contributed by atoms with Crippen LogP contribution in [0.2, 0.25) is 0 Å². The maximum absolute atomic E-state index is 12.2. The summed E-state index contributed by atoms with van der Waals surface area (Å²) in [7, 11) is 1.45. The Kier molecular flexibility index (Phi) is 2.87. The molecule has 0 aromatic carbocycles. The first-order valence-electron chi connectivity index (χ1n) is 7.59. The molecule has 124 valence electrons. The van der Waals surface area contributed by atoms with Crippen LogP contribution in [-0.4, -0.2) is 62.1 Å². The standard InChI is InChI=1S/C14H18N4O5/c1-16(13(20)21)6-8-4-9(15-23-8)10-5-14(2-3-14)11-7-17(10)12(19)18(11)22/h4,10-11,22H,2-3,5-7H2,1H3,(H,20,21)/t10-,11-/m0/s1. The fraction of sp³-hybridized carbons (Fsp3) is 0.643. The molecular weight excluding hydrogens is 304 g/mol. The zero-order valence-corrected chi connectivity index (χ0v) is 12.7. The normalized spacial score (nSPS) is 27.7. The van der Waals surface area contributed by atoms with Crippen molar-refractivity contribution in [1.29, 1.82) is 0 Å². The first kappa shape index (κ1) is 14.3. The lowest BCUT2D eigenvalue weighted by Gasteiger charge is -2.35. The summed E-state index contributed by atoms with van der Waals surface area (Å²) in [5.41, 5.74) is 0.603. The van der Waals surface area contributed by atoms with Crippen molar-refractivity contribution in [3.63, 3.8) is 0 Å². The summed E-state index contributed by atoms with van der Waals surface area (Å²) < 4.78 is 5.23. The number of fused-ring (bicyclic) bond motifs is 3. The van der Waals surface area contributed by atoms with Crippen molar-refractivity contribution in [3.05, 3.63) is 17.5 Å². The fourth-order valence-corrected chi connectivity index (χ4v) is 3.78. The summed E-state index contributed by atoms with van der Waals surface area (Å²) in [4.78, 5) is 25.8. The molecular formula is C14H18N4O5. The monoisotopic (exact) mass is 322 g/mol. The second-order valence-corrected chi connectivity index (χ2v) is 6.73. The third-order valence-corrected chi connectivity index (χ3v) is 5.32. The summed E-state index contributed by atoms with van der Waals surface area (Å²) in [6.45, 7) is 0.597. The number of urea groups is 1. The Morgan fingerprint density at radius 1 is 1.57 bits per heavy atom. The van der Waals surface area contributed by atoms with E-state index in [1.165, 1.54) is 7.05 Å². The van der Waals surface area contributed by atoms with Gasteiger partial charge in [-0.05, 0) is 24.7 Å². The number of carbonyl (C=O) groups is 2. The van der Waals surface area contributed by atoms with Crippen LogP contribution in [0.15, 0.2) is 10.6 Å². The topological polar surface area (TPSA) is 110 Å². The van der Waals surface area contributed by atoms with E-state index in [1.807, 2.05) is 0 Å². The van der Waals surface area contributed by atoms with E-state index in [2.05, 4.69) is 5.16 Å². The first-order valence-corrected chi connectivity index (χ1v) is 7.59. The van der Waals surface area contributed by atoms with Crippen LogP contribution < -0.4 is 0 Å². The van der Waals surface area contributed by atoms with Crippen molar-refractivity contribution in [2.45, 2.75) is 37.9 Å². The number of hydrogen-bond acceptors (Lipinski definition) is 5. The van der Waals surface area contributed by atoms with Gasteiger partial charge in [0, 0.05) is 19.7 Å². The number of aromatic nitrogens is 1. The predicted molar refractivity (Wildman–Crippen MR) is 74.5 cm³/mol. The molecule has 3 amide bonds. The highest BCUT2D eigenvalue weighted by molar-refractivity contribution is 5.77. The lowest BCUT2D eigenvalue weighted by Crippen LogP contribution is -2.41. The van der Waals surface area contributed by atoms with Gasteiger partial charge < -0.3 is 19.4 Å². The molecule has 3 fully saturated rings. The molecule has 1 aromatic rings.